The van der Waals surface area contributed by atoms with Crippen LogP contribution in [0.2, 0.25) is 0 Å². The topological polar surface area (TPSA) is 61.2 Å². The molecule has 3 rings (SSSR count). The Kier molecular flexibility index (Phi) is 9.38. The van der Waals surface area contributed by atoms with Crippen molar-refractivity contribution < 1.29 is 13.9 Å². The Balaban J connectivity index is 1.39. The monoisotopic (exact) mass is 434 g/mol. The third-order valence-corrected chi connectivity index (χ3v) is 6.70. The molecule has 0 saturated carbocycles. The number of likely N-dealkylation sites (tertiary alicyclic amines) is 1. The quantitative estimate of drug-likeness (QED) is 0.611. The predicted octanol–water partition coefficient (Wildman–Crippen LogP) is 2.60. The lowest BCUT2D eigenvalue weighted by atomic mass is 9.95. The molecule has 1 aromatic rings. The van der Waals surface area contributed by atoms with Gasteiger partial charge >= 0.3 is 0 Å². The van der Waals surface area contributed by atoms with E-state index < -0.39 is 0 Å². The Morgan fingerprint density at radius 2 is 1.84 bits per heavy atom. The number of piperidine rings is 1. The third kappa shape index (κ3) is 7.31. The van der Waals surface area contributed by atoms with Crippen LogP contribution in [-0.4, -0.2) is 91.7 Å². The summed E-state index contributed by atoms with van der Waals surface area (Å²) in [4.78, 5) is 19.8. The molecule has 2 aliphatic heterocycles. The molecule has 7 heteroatoms. The molecule has 1 N–H and O–H groups in total. The van der Waals surface area contributed by atoms with Gasteiger partial charge in [0.25, 0.3) is 0 Å². The van der Waals surface area contributed by atoms with E-state index in [9.17, 15) is 4.79 Å². The van der Waals surface area contributed by atoms with Gasteiger partial charge in [-0.05, 0) is 70.9 Å². The molecule has 2 aliphatic rings. The van der Waals surface area contributed by atoms with Gasteiger partial charge in [-0.2, -0.15) is 0 Å². The Morgan fingerprint density at radius 1 is 1.16 bits per heavy atom. The van der Waals surface area contributed by atoms with E-state index in [1.165, 1.54) is 12.8 Å². The predicted molar refractivity (Wildman–Crippen MR) is 123 cm³/mol. The van der Waals surface area contributed by atoms with E-state index in [1.54, 1.807) is 6.26 Å². The summed E-state index contributed by atoms with van der Waals surface area (Å²) in [6.07, 6.45) is 4.70. The molecule has 0 aliphatic carbocycles. The van der Waals surface area contributed by atoms with Gasteiger partial charge in [-0.15, -0.1) is 0 Å². The molecule has 0 spiro atoms. The van der Waals surface area contributed by atoms with Crippen molar-refractivity contribution in [1.82, 2.24) is 20.0 Å². The van der Waals surface area contributed by atoms with Crippen LogP contribution in [0.25, 0.3) is 0 Å². The highest BCUT2D eigenvalue weighted by atomic mass is 16.5. The number of morpholine rings is 1. The van der Waals surface area contributed by atoms with E-state index in [0.29, 0.717) is 25.3 Å². The van der Waals surface area contributed by atoms with Crippen molar-refractivity contribution in [3.05, 3.63) is 24.2 Å². The summed E-state index contributed by atoms with van der Waals surface area (Å²) in [5.74, 6) is 1.75. The summed E-state index contributed by atoms with van der Waals surface area (Å²) in [6.45, 7) is 16.8. The lowest BCUT2D eigenvalue weighted by Crippen LogP contribution is -2.49. The van der Waals surface area contributed by atoms with E-state index in [-0.39, 0.29) is 11.9 Å². The lowest BCUT2D eigenvalue weighted by molar-refractivity contribution is -0.123. The zero-order valence-corrected chi connectivity index (χ0v) is 19.9. The molecule has 3 heterocycles. The zero-order chi connectivity index (χ0) is 22.2. The normalized spacial score (nSPS) is 25.1. The molecule has 31 heavy (non-hydrogen) atoms. The molecule has 3 atom stereocenters. The van der Waals surface area contributed by atoms with Crippen molar-refractivity contribution in [3.63, 3.8) is 0 Å². The van der Waals surface area contributed by atoms with Crippen LogP contribution in [0, 0.1) is 5.92 Å². The number of rotatable bonds is 10. The molecule has 0 radical (unpaired) electrons. The molecule has 7 nitrogen and oxygen atoms in total. The number of amides is 1. The Bertz CT molecular complexity index is 631. The first-order chi connectivity index (χ1) is 15.0. The van der Waals surface area contributed by atoms with E-state index in [1.807, 2.05) is 12.1 Å². The number of carbonyl (C=O) groups excluding carboxylic acids is 1. The van der Waals surface area contributed by atoms with Crippen LogP contribution >= 0.6 is 0 Å². The Morgan fingerprint density at radius 3 is 2.42 bits per heavy atom. The Hall–Kier alpha value is -1.41. The van der Waals surface area contributed by atoms with Crippen LogP contribution in [-0.2, 0) is 9.53 Å². The lowest BCUT2D eigenvalue weighted by Gasteiger charge is -2.39. The molecule has 1 amide bonds. The fraction of sp³-hybridized carbons (Fsp3) is 0.792. The van der Waals surface area contributed by atoms with Gasteiger partial charge in [-0.3, -0.25) is 19.5 Å². The van der Waals surface area contributed by atoms with E-state index in [4.69, 9.17) is 9.15 Å². The van der Waals surface area contributed by atoms with Gasteiger partial charge in [0.15, 0.2) is 0 Å². The average molecular weight is 435 g/mol. The maximum absolute atomic E-state index is 12.6. The minimum atomic E-state index is 0.0815. The van der Waals surface area contributed by atoms with Gasteiger partial charge in [0.05, 0.1) is 31.1 Å². The molecular weight excluding hydrogens is 392 g/mol. The molecule has 2 saturated heterocycles. The smallest absolute Gasteiger partial charge is 0.234 e. The third-order valence-electron chi connectivity index (χ3n) is 6.70. The van der Waals surface area contributed by atoms with E-state index in [0.717, 1.165) is 57.5 Å². The second-order valence-electron chi connectivity index (χ2n) is 9.25. The zero-order valence-electron chi connectivity index (χ0n) is 19.9. The number of ether oxygens (including phenoxy) is 1. The standard InChI is InChI=1S/C24H42N4O3/c1-5-28(6-2)22(23-8-7-13-30-23)14-25-24(29)18-26-11-9-21(10-12-26)17-27-15-19(3)31-20(4)16-27/h7-8,13,19-22H,5-6,9-12,14-18H2,1-4H3,(H,25,29). The molecule has 0 aromatic carbocycles. The maximum Gasteiger partial charge on any atom is 0.234 e. The SMILES string of the molecule is CCN(CC)C(CNC(=O)CN1CCC(CN2CC(C)OC(C)C2)CC1)c1ccco1. The second kappa shape index (κ2) is 12.0. The summed E-state index contributed by atoms with van der Waals surface area (Å²) in [5.41, 5.74) is 0. The van der Waals surface area contributed by atoms with Crippen molar-refractivity contribution >= 4 is 5.91 Å². The number of hydrogen-bond donors (Lipinski definition) is 1. The second-order valence-corrected chi connectivity index (χ2v) is 9.25. The number of furan rings is 1. The maximum atomic E-state index is 12.6. The molecule has 176 valence electrons. The first kappa shape index (κ1) is 24.2. The van der Waals surface area contributed by atoms with Crippen molar-refractivity contribution in [2.75, 3.05) is 58.9 Å². The molecule has 2 fully saturated rings. The summed E-state index contributed by atoms with van der Waals surface area (Å²) in [5, 5.41) is 3.15. The summed E-state index contributed by atoms with van der Waals surface area (Å²) < 4.78 is 11.5. The van der Waals surface area contributed by atoms with Crippen LogP contribution in [0.4, 0.5) is 0 Å². The van der Waals surface area contributed by atoms with Crippen LogP contribution < -0.4 is 5.32 Å². The minimum Gasteiger partial charge on any atom is -0.468 e. The highest BCUT2D eigenvalue weighted by molar-refractivity contribution is 5.78. The van der Waals surface area contributed by atoms with Gasteiger partial charge in [0.1, 0.15) is 5.76 Å². The molecular formula is C24H42N4O3. The minimum absolute atomic E-state index is 0.0815. The average Bonchev–Trinajstić information content (AvgIpc) is 3.26. The van der Waals surface area contributed by atoms with Crippen molar-refractivity contribution in [1.29, 1.82) is 0 Å². The van der Waals surface area contributed by atoms with Gasteiger partial charge in [-0.1, -0.05) is 13.8 Å². The molecule has 1 aromatic heterocycles. The fourth-order valence-corrected chi connectivity index (χ4v) is 5.15. The largest absolute Gasteiger partial charge is 0.468 e. The van der Waals surface area contributed by atoms with Crippen LogP contribution in [0.1, 0.15) is 52.3 Å². The van der Waals surface area contributed by atoms with Crippen LogP contribution in [0.15, 0.2) is 22.8 Å². The van der Waals surface area contributed by atoms with Gasteiger partial charge < -0.3 is 14.5 Å². The van der Waals surface area contributed by atoms with Crippen molar-refractivity contribution in [3.8, 4) is 0 Å². The Labute approximate surface area is 188 Å². The van der Waals surface area contributed by atoms with Crippen molar-refractivity contribution in [2.24, 2.45) is 5.92 Å². The highest BCUT2D eigenvalue weighted by Gasteiger charge is 2.27. The highest BCUT2D eigenvalue weighted by Crippen LogP contribution is 2.22. The number of likely N-dealkylation sites (N-methyl/N-ethyl adjacent to an activating group) is 1. The van der Waals surface area contributed by atoms with Gasteiger partial charge in [-0.25, -0.2) is 0 Å². The first-order valence-electron chi connectivity index (χ1n) is 12.1. The van der Waals surface area contributed by atoms with Crippen molar-refractivity contribution in [2.45, 2.75) is 58.8 Å². The van der Waals surface area contributed by atoms with E-state index >= 15 is 0 Å². The van der Waals surface area contributed by atoms with Gasteiger partial charge in [0, 0.05) is 26.2 Å². The molecule has 3 unspecified atom stereocenters. The number of carbonyl (C=O) groups is 1. The summed E-state index contributed by atoms with van der Waals surface area (Å²) >= 11 is 0. The van der Waals surface area contributed by atoms with E-state index in [2.05, 4.69) is 47.7 Å². The fourth-order valence-electron chi connectivity index (χ4n) is 5.15. The summed E-state index contributed by atoms with van der Waals surface area (Å²) in [6, 6.07) is 3.99. The first-order valence-corrected chi connectivity index (χ1v) is 12.1. The van der Waals surface area contributed by atoms with Crippen LogP contribution in [0.3, 0.4) is 0 Å². The number of hydrogen-bond acceptors (Lipinski definition) is 6. The summed E-state index contributed by atoms with van der Waals surface area (Å²) in [7, 11) is 0. The molecule has 0 bridgehead atoms. The van der Waals surface area contributed by atoms with Crippen LogP contribution in [0.5, 0.6) is 0 Å². The number of nitrogens with zero attached hydrogens (tertiary/aromatic N) is 3. The van der Waals surface area contributed by atoms with Gasteiger partial charge in [0.2, 0.25) is 5.91 Å². The number of nitrogens with one attached hydrogen (secondary N) is 1.